The van der Waals surface area contributed by atoms with Gasteiger partial charge < -0.3 is 29.0 Å². The number of urea groups is 1. The summed E-state index contributed by atoms with van der Waals surface area (Å²) >= 11 is 0. The van der Waals surface area contributed by atoms with Crippen molar-refractivity contribution >= 4 is 17.9 Å². The summed E-state index contributed by atoms with van der Waals surface area (Å²) in [5.41, 5.74) is 0. The summed E-state index contributed by atoms with van der Waals surface area (Å²) in [4.78, 5) is 40.1. The maximum absolute atomic E-state index is 13.0. The van der Waals surface area contributed by atoms with Gasteiger partial charge in [-0.05, 0) is 45.7 Å². The molecule has 0 aromatic carbocycles. The molecule has 3 amide bonds. The van der Waals surface area contributed by atoms with Gasteiger partial charge in [-0.1, -0.05) is 0 Å². The second kappa shape index (κ2) is 11.5. The summed E-state index contributed by atoms with van der Waals surface area (Å²) in [6, 6.07) is 2.86. The highest BCUT2D eigenvalue weighted by Crippen LogP contribution is 2.16. The summed E-state index contributed by atoms with van der Waals surface area (Å²) < 4.78 is 15.9. The van der Waals surface area contributed by atoms with Crippen LogP contribution >= 0.6 is 0 Å². The number of nitrogens with one attached hydrogen (secondary N) is 1. The molecule has 1 aromatic heterocycles. The van der Waals surface area contributed by atoms with Crippen LogP contribution in [0.4, 0.5) is 4.79 Å². The first-order chi connectivity index (χ1) is 13.9. The molecule has 1 aliphatic heterocycles. The van der Waals surface area contributed by atoms with E-state index in [0.717, 1.165) is 12.8 Å². The van der Waals surface area contributed by atoms with Gasteiger partial charge in [-0.25, -0.2) is 4.79 Å². The number of rotatable bonds is 10. The van der Waals surface area contributed by atoms with Crippen molar-refractivity contribution < 1.29 is 28.3 Å². The number of amides is 3. The molecule has 1 atom stereocenters. The minimum atomic E-state index is -0.520. The first kappa shape index (κ1) is 22.7. The van der Waals surface area contributed by atoms with Crippen molar-refractivity contribution in [2.24, 2.45) is 0 Å². The van der Waals surface area contributed by atoms with Crippen molar-refractivity contribution in [3.63, 3.8) is 0 Å². The molecule has 162 valence electrons. The van der Waals surface area contributed by atoms with E-state index in [1.54, 1.807) is 24.2 Å². The van der Waals surface area contributed by atoms with E-state index in [9.17, 15) is 14.4 Å². The zero-order valence-electron chi connectivity index (χ0n) is 17.4. The van der Waals surface area contributed by atoms with Crippen molar-refractivity contribution in [2.45, 2.75) is 52.3 Å². The van der Waals surface area contributed by atoms with Crippen LogP contribution in [0.25, 0.3) is 0 Å². The molecule has 29 heavy (non-hydrogen) atoms. The van der Waals surface area contributed by atoms with Crippen LogP contribution in [0.2, 0.25) is 0 Å². The van der Waals surface area contributed by atoms with Gasteiger partial charge in [-0.15, -0.1) is 0 Å². The average molecular weight is 409 g/mol. The van der Waals surface area contributed by atoms with Gasteiger partial charge in [0.2, 0.25) is 5.91 Å². The van der Waals surface area contributed by atoms with Gasteiger partial charge in [0.15, 0.2) is 0 Å². The van der Waals surface area contributed by atoms with Crippen molar-refractivity contribution in [2.75, 3.05) is 32.8 Å². The highest BCUT2D eigenvalue weighted by atomic mass is 16.5. The Balaban J connectivity index is 2.00. The Morgan fingerprint density at radius 3 is 2.72 bits per heavy atom. The van der Waals surface area contributed by atoms with Crippen LogP contribution in [0.3, 0.4) is 0 Å². The third-order valence-electron chi connectivity index (χ3n) is 4.61. The SMILES string of the molecule is CCOC(=O)CNC(=O)N(CC(=O)N(Cc1ccco1)CC1CCCO1)C(C)C. The van der Waals surface area contributed by atoms with E-state index in [1.807, 2.05) is 19.9 Å². The normalized spacial score (nSPS) is 15.9. The minimum Gasteiger partial charge on any atom is -0.467 e. The van der Waals surface area contributed by atoms with Gasteiger partial charge in [-0.3, -0.25) is 9.59 Å². The maximum Gasteiger partial charge on any atom is 0.325 e. The molecule has 0 spiro atoms. The van der Waals surface area contributed by atoms with Gasteiger partial charge in [0.25, 0.3) is 0 Å². The van der Waals surface area contributed by atoms with Crippen LogP contribution in [0.1, 0.15) is 39.4 Å². The van der Waals surface area contributed by atoms with E-state index in [-0.39, 0.29) is 37.7 Å². The lowest BCUT2D eigenvalue weighted by Gasteiger charge is -2.30. The Hall–Kier alpha value is -2.55. The minimum absolute atomic E-state index is 0.0148. The average Bonchev–Trinajstić information content (AvgIpc) is 3.37. The first-order valence-corrected chi connectivity index (χ1v) is 10.0. The fourth-order valence-electron chi connectivity index (χ4n) is 3.08. The zero-order valence-corrected chi connectivity index (χ0v) is 17.4. The lowest BCUT2D eigenvalue weighted by atomic mass is 10.2. The molecule has 9 nitrogen and oxygen atoms in total. The summed E-state index contributed by atoms with van der Waals surface area (Å²) in [5.74, 6) is -0.0650. The van der Waals surface area contributed by atoms with Gasteiger partial charge in [-0.2, -0.15) is 0 Å². The Morgan fingerprint density at radius 1 is 1.34 bits per heavy atom. The predicted octanol–water partition coefficient (Wildman–Crippen LogP) is 1.77. The molecule has 1 unspecified atom stereocenters. The zero-order chi connectivity index (χ0) is 21.2. The van der Waals surface area contributed by atoms with Crippen molar-refractivity contribution in [3.05, 3.63) is 24.2 Å². The Kier molecular flexibility index (Phi) is 8.98. The number of nitrogens with zero attached hydrogens (tertiary/aromatic N) is 2. The molecule has 1 saturated heterocycles. The number of ether oxygens (including phenoxy) is 2. The summed E-state index contributed by atoms with van der Waals surface area (Å²) in [5, 5.41) is 2.51. The number of furan rings is 1. The maximum atomic E-state index is 13.0. The lowest BCUT2D eigenvalue weighted by Crippen LogP contribution is -2.51. The largest absolute Gasteiger partial charge is 0.467 e. The molecular weight excluding hydrogens is 378 g/mol. The molecule has 9 heteroatoms. The van der Waals surface area contributed by atoms with Crippen LogP contribution < -0.4 is 5.32 Å². The molecule has 1 N–H and O–H groups in total. The highest BCUT2D eigenvalue weighted by Gasteiger charge is 2.27. The van der Waals surface area contributed by atoms with Crippen LogP contribution in [-0.2, 0) is 25.6 Å². The van der Waals surface area contributed by atoms with E-state index in [4.69, 9.17) is 13.9 Å². The number of carbonyl (C=O) groups is 3. The second-order valence-electron chi connectivity index (χ2n) is 7.17. The third-order valence-corrected chi connectivity index (χ3v) is 4.61. The summed E-state index contributed by atoms with van der Waals surface area (Å²) in [7, 11) is 0. The number of carbonyl (C=O) groups excluding carboxylic acids is 3. The molecular formula is C20H31N3O6. The molecule has 1 fully saturated rings. The number of esters is 1. The molecule has 1 aromatic rings. The second-order valence-corrected chi connectivity index (χ2v) is 7.17. The standard InChI is InChI=1S/C20H31N3O6/c1-4-27-19(25)11-21-20(26)23(15(2)3)14-18(24)22(12-16-7-5-9-28-16)13-17-8-6-10-29-17/h5,7,9,15,17H,4,6,8,10-14H2,1-3H3,(H,21,26). The fourth-order valence-corrected chi connectivity index (χ4v) is 3.08. The number of hydrogen-bond donors (Lipinski definition) is 1. The molecule has 0 radical (unpaired) electrons. The van der Waals surface area contributed by atoms with Crippen molar-refractivity contribution in [1.29, 1.82) is 0 Å². The molecule has 2 rings (SSSR count). The molecule has 0 aliphatic carbocycles. The van der Waals surface area contributed by atoms with Gasteiger partial charge >= 0.3 is 12.0 Å². The Labute approximate surface area is 171 Å². The Morgan fingerprint density at radius 2 is 2.14 bits per heavy atom. The van der Waals surface area contributed by atoms with Crippen LogP contribution in [0.15, 0.2) is 22.8 Å². The van der Waals surface area contributed by atoms with Crippen LogP contribution in [0.5, 0.6) is 0 Å². The van der Waals surface area contributed by atoms with Crippen molar-refractivity contribution in [1.82, 2.24) is 15.1 Å². The van der Waals surface area contributed by atoms with Gasteiger partial charge in [0.05, 0.1) is 25.5 Å². The number of hydrogen-bond acceptors (Lipinski definition) is 6. The molecule has 1 aliphatic rings. The van der Waals surface area contributed by atoms with E-state index >= 15 is 0 Å². The summed E-state index contributed by atoms with van der Waals surface area (Å²) in [6.45, 7) is 6.66. The van der Waals surface area contributed by atoms with Crippen molar-refractivity contribution in [3.8, 4) is 0 Å². The first-order valence-electron chi connectivity index (χ1n) is 10.0. The third kappa shape index (κ3) is 7.41. The van der Waals surface area contributed by atoms with Gasteiger partial charge in [0.1, 0.15) is 18.8 Å². The van der Waals surface area contributed by atoms with E-state index < -0.39 is 12.0 Å². The molecule has 0 saturated carbocycles. The quantitative estimate of drug-likeness (QED) is 0.591. The van der Waals surface area contributed by atoms with E-state index in [1.165, 1.54) is 4.90 Å². The van der Waals surface area contributed by atoms with Crippen LogP contribution in [0, 0.1) is 0 Å². The van der Waals surface area contributed by atoms with Gasteiger partial charge in [0, 0.05) is 19.2 Å². The molecule has 2 heterocycles. The van der Waals surface area contributed by atoms with E-state index in [2.05, 4.69) is 5.32 Å². The predicted molar refractivity (Wildman–Crippen MR) is 105 cm³/mol. The smallest absolute Gasteiger partial charge is 0.325 e. The summed E-state index contributed by atoms with van der Waals surface area (Å²) in [6.07, 6.45) is 3.42. The van der Waals surface area contributed by atoms with E-state index in [0.29, 0.717) is 25.5 Å². The highest BCUT2D eigenvalue weighted by molar-refractivity contribution is 5.86. The topological polar surface area (TPSA) is 101 Å². The lowest BCUT2D eigenvalue weighted by molar-refractivity contribution is -0.141. The molecule has 0 bridgehead atoms. The van der Waals surface area contributed by atoms with Crippen LogP contribution in [-0.4, -0.2) is 72.7 Å². The fraction of sp³-hybridized carbons (Fsp3) is 0.650. The monoisotopic (exact) mass is 409 g/mol. The Bertz CT molecular complexity index is 655.